The first-order chi connectivity index (χ1) is 15.2. The number of fused-ring (bicyclic) bond motifs is 2. The zero-order valence-electron chi connectivity index (χ0n) is 17.8. The van der Waals surface area contributed by atoms with Crippen LogP contribution >= 0.6 is 0 Å². The van der Waals surface area contributed by atoms with Gasteiger partial charge >= 0.3 is 0 Å². The maximum absolute atomic E-state index is 13.5. The van der Waals surface area contributed by atoms with Crippen LogP contribution in [-0.2, 0) is 17.8 Å². The summed E-state index contributed by atoms with van der Waals surface area (Å²) in [6.45, 7) is 3.45. The first kappa shape index (κ1) is 18.6. The van der Waals surface area contributed by atoms with Gasteiger partial charge < -0.3 is 9.80 Å². The highest BCUT2D eigenvalue weighted by Gasteiger charge is 2.48. The van der Waals surface area contributed by atoms with Crippen molar-refractivity contribution in [2.45, 2.75) is 32.2 Å². The Morgan fingerprint density at radius 2 is 1.58 bits per heavy atom. The lowest BCUT2D eigenvalue weighted by molar-refractivity contribution is -0.138. The molecule has 0 unspecified atom stereocenters. The van der Waals surface area contributed by atoms with E-state index < -0.39 is 0 Å². The number of carbonyl (C=O) groups is 1. The number of amides is 1. The normalized spacial score (nSPS) is 19.9. The Balaban J connectivity index is 1.15. The average Bonchev–Trinajstić information content (AvgIpc) is 3.37. The van der Waals surface area contributed by atoms with Crippen molar-refractivity contribution < 1.29 is 4.79 Å². The molecule has 0 atom stereocenters. The predicted octanol–water partition coefficient (Wildman–Crippen LogP) is 4.94. The summed E-state index contributed by atoms with van der Waals surface area (Å²) >= 11 is 0. The van der Waals surface area contributed by atoms with Gasteiger partial charge in [0.25, 0.3) is 0 Å². The molecule has 3 aliphatic rings. The van der Waals surface area contributed by atoms with Gasteiger partial charge in [-0.15, -0.1) is 0 Å². The Kier molecular flexibility index (Phi) is 4.34. The summed E-state index contributed by atoms with van der Waals surface area (Å²) < 4.78 is 0. The van der Waals surface area contributed by atoms with Gasteiger partial charge in [-0.3, -0.25) is 4.79 Å². The number of amidine groups is 1. The first-order valence-electron chi connectivity index (χ1n) is 11.4. The van der Waals surface area contributed by atoms with Gasteiger partial charge in [0.1, 0.15) is 5.84 Å². The average molecular weight is 410 g/mol. The number of hydrogen-bond donors (Lipinski definition) is 0. The number of hydrogen-bond acceptors (Lipinski definition) is 3. The van der Waals surface area contributed by atoms with E-state index in [2.05, 4.69) is 76.5 Å². The van der Waals surface area contributed by atoms with Gasteiger partial charge in [-0.25, -0.2) is 4.99 Å². The van der Waals surface area contributed by atoms with Crippen LogP contribution in [0.5, 0.6) is 0 Å². The van der Waals surface area contributed by atoms with E-state index in [0.717, 1.165) is 51.0 Å². The fourth-order valence-corrected chi connectivity index (χ4v) is 5.64. The minimum atomic E-state index is -0.174. The largest absolute Gasteiger partial charge is 0.360 e. The minimum absolute atomic E-state index is 0.174. The molecule has 1 amide bonds. The molecular weight excluding hydrogens is 382 g/mol. The molecule has 0 aromatic heterocycles. The standard InChI is InChI=1S/C27H27N3O/c31-26-27(12-15-29(16-13-27)25-18-21-7-2-4-11-24(21)28-25)14-17-30(26)19-22-9-5-8-20-6-1-3-10-23(20)22/h1-11H,12-19H2. The van der Waals surface area contributed by atoms with Gasteiger partial charge in [-0.2, -0.15) is 0 Å². The fourth-order valence-electron chi connectivity index (χ4n) is 5.64. The van der Waals surface area contributed by atoms with Crippen LogP contribution in [0.2, 0.25) is 0 Å². The summed E-state index contributed by atoms with van der Waals surface area (Å²) in [5.41, 5.74) is 3.50. The van der Waals surface area contributed by atoms with Crippen molar-refractivity contribution in [1.82, 2.24) is 9.80 Å². The SMILES string of the molecule is O=C1N(Cc2cccc3ccccc23)CCC12CCN(C1=Nc3ccccc3C1)CC2. The van der Waals surface area contributed by atoms with Crippen molar-refractivity contribution in [3.63, 3.8) is 0 Å². The van der Waals surface area contributed by atoms with Crippen LogP contribution in [0, 0.1) is 5.41 Å². The summed E-state index contributed by atoms with van der Waals surface area (Å²) in [6.07, 6.45) is 3.78. The van der Waals surface area contributed by atoms with Gasteiger partial charge in [-0.1, -0.05) is 60.7 Å². The van der Waals surface area contributed by atoms with Crippen LogP contribution in [0.1, 0.15) is 30.4 Å². The zero-order chi connectivity index (χ0) is 20.8. The summed E-state index contributed by atoms with van der Waals surface area (Å²) in [7, 11) is 0. The van der Waals surface area contributed by atoms with Gasteiger partial charge in [0.05, 0.1) is 11.1 Å². The molecule has 4 heteroatoms. The second kappa shape index (κ2) is 7.23. The molecule has 1 spiro atoms. The molecule has 0 saturated carbocycles. The lowest BCUT2D eigenvalue weighted by atomic mass is 9.77. The molecule has 6 rings (SSSR count). The minimum Gasteiger partial charge on any atom is -0.360 e. The molecule has 3 aromatic rings. The van der Waals surface area contributed by atoms with Crippen LogP contribution in [0.15, 0.2) is 71.7 Å². The molecular formula is C27H27N3O. The summed E-state index contributed by atoms with van der Waals surface area (Å²) in [5.74, 6) is 1.53. The first-order valence-corrected chi connectivity index (χ1v) is 11.4. The number of piperidine rings is 1. The van der Waals surface area contributed by atoms with Crippen LogP contribution < -0.4 is 0 Å². The van der Waals surface area contributed by atoms with Gasteiger partial charge in [-0.05, 0) is 47.2 Å². The molecule has 31 heavy (non-hydrogen) atoms. The highest BCUT2D eigenvalue weighted by Crippen LogP contribution is 2.43. The molecule has 0 radical (unpaired) electrons. The third-order valence-electron chi connectivity index (χ3n) is 7.52. The Hall–Kier alpha value is -3.14. The third-order valence-corrected chi connectivity index (χ3v) is 7.52. The maximum atomic E-state index is 13.5. The highest BCUT2D eigenvalue weighted by molar-refractivity contribution is 5.93. The molecule has 0 bridgehead atoms. The smallest absolute Gasteiger partial charge is 0.229 e. The lowest BCUT2D eigenvalue weighted by Crippen LogP contribution is -2.46. The Morgan fingerprint density at radius 1 is 0.839 bits per heavy atom. The lowest BCUT2D eigenvalue weighted by Gasteiger charge is -2.39. The van der Waals surface area contributed by atoms with Crippen LogP contribution in [0.3, 0.4) is 0 Å². The van der Waals surface area contributed by atoms with E-state index in [4.69, 9.17) is 4.99 Å². The Morgan fingerprint density at radius 3 is 2.45 bits per heavy atom. The van der Waals surface area contributed by atoms with Crippen molar-refractivity contribution in [2.75, 3.05) is 19.6 Å². The van der Waals surface area contributed by atoms with Crippen molar-refractivity contribution in [1.29, 1.82) is 0 Å². The molecule has 3 aromatic carbocycles. The second-order valence-electron chi connectivity index (χ2n) is 9.22. The highest BCUT2D eigenvalue weighted by atomic mass is 16.2. The predicted molar refractivity (Wildman–Crippen MR) is 124 cm³/mol. The number of aliphatic imine (C=N–C) groups is 1. The topological polar surface area (TPSA) is 35.9 Å². The summed E-state index contributed by atoms with van der Waals surface area (Å²) in [4.78, 5) is 22.9. The summed E-state index contributed by atoms with van der Waals surface area (Å²) in [6, 6.07) is 23.3. The molecule has 3 heterocycles. The number of carbonyl (C=O) groups excluding carboxylic acids is 1. The Labute approximate surface area is 183 Å². The molecule has 3 aliphatic heterocycles. The van der Waals surface area contributed by atoms with Crippen molar-refractivity contribution in [3.8, 4) is 0 Å². The number of para-hydroxylation sites is 1. The van der Waals surface area contributed by atoms with Crippen LogP contribution in [0.4, 0.5) is 5.69 Å². The van der Waals surface area contributed by atoms with Gasteiger partial charge in [0.2, 0.25) is 5.91 Å². The summed E-state index contributed by atoms with van der Waals surface area (Å²) in [5, 5.41) is 2.50. The van der Waals surface area contributed by atoms with Crippen molar-refractivity contribution >= 4 is 28.2 Å². The molecule has 0 N–H and O–H groups in total. The second-order valence-corrected chi connectivity index (χ2v) is 9.22. The molecule has 156 valence electrons. The van der Waals surface area contributed by atoms with Crippen LogP contribution in [-0.4, -0.2) is 41.2 Å². The van der Waals surface area contributed by atoms with E-state index in [1.165, 1.54) is 27.7 Å². The molecule has 2 fully saturated rings. The fraction of sp³-hybridized carbons (Fsp3) is 0.333. The van der Waals surface area contributed by atoms with Crippen molar-refractivity contribution in [3.05, 3.63) is 77.9 Å². The number of benzene rings is 3. The van der Waals surface area contributed by atoms with E-state index in [1.807, 2.05) is 0 Å². The van der Waals surface area contributed by atoms with E-state index in [0.29, 0.717) is 12.5 Å². The Bertz CT molecular complexity index is 1180. The molecule has 2 saturated heterocycles. The van der Waals surface area contributed by atoms with E-state index >= 15 is 0 Å². The zero-order valence-corrected chi connectivity index (χ0v) is 17.8. The molecule has 4 nitrogen and oxygen atoms in total. The number of likely N-dealkylation sites (tertiary alicyclic amines) is 2. The van der Waals surface area contributed by atoms with E-state index in [1.54, 1.807) is 0 Å². The third kappa shape index (κ3) is 3.13. The van der Waals surface area contributed by atoms with E-state index in [9.17, 15) is 4.79 Å². The monoisotopic (exact) mass is 409 g/mol. The maximum Gasteiger partial charge on any atom is 0.229 e. The van der Waals surface area contributed by atoms with Crippen LogP contribution in [0.25, 0.3) is 10.8 Å². The van der Waals surface area contributed by atoms with Crippen molar-refractivity contribution in [2.24, 2.45) is 10.4 Å². The quantitative estimate of drug-likeness (QED) is 0.601. The van der Waals surface area contributed by atoms with Gasteiger partial charge in [0.15, 0.2) is 0 Å². The van der Waals surface area contributed by atoms with E-state index in [-0.39, 0.29) is 5.41 Å². The number of nitrogens with zero attached hydrogens (tertiary/aromatic N) is 3. The number of rotatable bonds is 2. The molecule has 0 aliphatic carbocycles. The van der Waals surface area contributed by atoms with Gasteiger partial charge in [0, 0.05) is 32.6 Å².